The fraction of sp³-hybridized carbons (Fsp3) is 0.867. The minimum atomic E-state index is -4.41. The van der Waals surface area contributed by atoms with E-state index in [0.717, 1.165) is 32.9 Å². The summed E-state index contributed by atoms with van der Waals surface area (Å²) in [5.41, 5.74) is 0. The Bertz CT molecular complexity index is 382. The average Bonchev–Trinajstić information content (AvgIpc) is 2.49. The van der Waals surface area contributed by atoms with Crippen molar-refractivity contribution in [2.24, 2.45) is 4.99 Å². The van der Waals surface area contributed by atoms with Gasteiger partial charge in [0.25, 0.3) is 0 Å². The highest BCUT2D eigenvalue weighted by atomic mass is 127. The molecule has 0 atom stereocenters. The van der Waals surface area contributed by atoms with Crippen LogP contribution in [0.4, 0.5) is 13.2 Å². The summed E-state index contributed by atoms with van der Waals surface area (Å²) < 4.78 is 42.1. The number of hydrogen-bond donors (Lipinski definition) is 2. The Morgan fingerprint density at radius 3 is 2.36 bits per heavy atom. The average molecular weight is 482 g/mol. The van der Waals surface area contributed by atoms with Gasteiger partial charge in [-0.25, -0.2) is 4.99 Å². The van der Waals surface area contributed by atoms with Gasteiger partial charge in [-0.3, -0.25) is 4.79 Å². The van der Waals surface area contributed by atoms with Crippen LogP contribution in [0, 0.1) is 0 Å². The largest absolute Gasteiger partial charge is 0.406 e. The van der Waals surface area contributed by atoms with Gasteiger partial charge in [0.1, 0.15) is 13.1 Å². The summed E-state index contributed by atoms with van der Waals surface area (Å²) in [6.07, 6.45) is -1.51. The predicted octanol–water partition coefficient (Wildman–Crippen LogP) is 2.39. The third-order valence-electron chi connectivity index (χ3n) is 2.96. The molecule has 0 saturated heterocycles. The smallest absolute Gasteiger partial charge is 0.381 e. The van der Waals surface area contributed by atoms with Crippen molar-refractivity contribution in [3.8, 4) is 0 Å². The third-order valence-corrected chi connectivity index (χ3v) is 2.96. The third kappa shape index (κ3) is 16.4. The van der Waals surface area contributed by atoms with E-state index in [4.69, 9.17) is 4.74 Å². The molecule has 0 aliphatic rings. The van der Waals surface area contributed by atoms with E-state index in [1.165, 1.54) is 0 Å². The van der Waals surface area contributed by atoms with Gasteiger partial charge < -0.3 is 20.3 Å². The Kier molecular flexibility index (Phi) is 16.4. The van der Waals surface area contributed by atoms with Gasteiger partial charge in [-0.05, 0) is 19.8 Å². The first-order chi connectivity index (χ1) is 11.3. The molecule has 0 aliphatic heterocycles. The lowest BCUT2D eigenvalue weighted by atomic mass is 10.4. The predicted molar refractivity (Wildman–Crippen MR) is 103 cm³/mol. The normalized spacial score (nSPS) is 11.7. The van der Waals surface area contributed by atoms with Gasteiger partial charge >= 0.3 is 6.18 Å². The lowest BCUT2D eigenvalue weighted by Gasteiger charge is -2.18. The summed E-state index contributed by atoms with van der Waals surface area (Å²) in [7, 11) is 1.11. The Labute approximate surface area is 165 Å². The standard InChI is InChI=1S/C15H29F3N4O2.HI/c1-4-6-9-24-10-7-8-20-14(19-5-2)21-11-13(23)22(3)12-15(16,17)18;/h4-12H2,1-3H3,(H2,19,20,21);1H. The van der Waals surface area contributed by atoms with Crippen LogP contribution in [0.5, 0.6) is 0 Å². The second-order valence-electron chi connectivity index (χ2n) is 5.31. The molecule has 0 aromatic heterocycles. The molecule has 0 rings (SSSR count). The molecule has 0 radical (unpaired) electrons. The van der Waals surface area contributed by atoms with E-state index < -0.39 is 18.6 Å². The van der Waals surface area contributed by atoms with Gasteiger partial charge in [0.2, 0.25) is 5.91 Å². The molecule has 0 heterocycles. The molecule has 0 aromatic rings. The van der Waals surface area contributed by atoms with Crippen LogP contribution >= 0.6 is 24.0 Å². The van der Waals surface area contributed by atoms with Crippen molar-refractivity contribution in [3.63, 3.8) is 0 Å². The van der Waals surface area contributed by atoms with Gasteiger partial charge in [-0.15, -0.1) is 24.0 Å². The van der Waals surface area contributed by atoms with Gasteiger partial charge in [0.05, 0.1) is 0 Å². The number of hydrogen-bond acceptors (Lipinski definition) is 3. The zero-order chi connectivity index (χ0) is 18.4. The number of ether oxygens (including phenoxy) is 1. The molecular formula is C15H30F3IN4O2. The van der Waals surface area contributed by atoms with E-state index >= 15 is 0 Å². The summed E-state index contributed by atoms with van der Waals surface area (Å²) in [6.45, 7) is 4.90. The Morgan fingerprint density at radius 2 is 1.80 bits per heavy atom. The molecule has 0 aliphatic carbocycles. The molecule has 0 saturated carbocycles. The lowest BCUT2D eigenvalue weighted by molar-refractivity contribution is -0.157. The van der Waals surface area contributed by atoms with E-state index in [2.05, 4.69) is 22.5 Å². The van der Waals surface area contributed by atoms with Crippen molar-refractivity contribution < 1.29 is 22.7 Å². The molecule has 2 N–H and O–H groups in total. The topological polar surface area (TPSA) is 66.0 Å². The number of aliphatic imine (C=N–C) groups is 1. The molecular weight excluding hydrogens is 452 g/mol. The van der Waals surface area contributed by atoms with Crippen molar-refractivity contribution in [1.82, 2.24) is 15.5 Å². The molecule has 25 heavy (non-hydrogen) atoms. The van der Waals surface area contributed by atoms with Crippen molar-refractivity contribution in [3.05, 3.63) is 0 Å². The molecule has 0 bridgehead atoms. The molecule has 0 fully saturated rings. The maximum atomic E-state index is 12.2. The van der Waals surface area contributed by atoms with Gasteiger partial charge in [-0.2, -0.15) is 13.2 Å². The maximum absolute atomic E-state index is 12.2. The molecule has 1 amide bonds. The van der Waals surface area contributed by atoms with Gasteiger partial charge in [-0.1, -0.05) is 13.3 Å². The number of amides is 1. The number of nitrogens with one attached hydrogen (secondary N) is 2. The van der Waals surface area contributed by atoms with Crippen LogP contribution in [0.25, 0.3) is 0 Å². The Morgan fingerprint density at radius 1 is 1.16 bits per heavy atom. The second kappa shape index (κ2) is 15.5. The van der Waals surface area contributed by atoms with E-state index in [-0.39, 0.29) is 30.5 Å². The van der Waals surface area contributed by atoms with Crippen LogP contribution < -0.4 is 10.6 Å². The van der Waals surface area contributed by atoms with E-state index in [1.807, 2.05) is 6.92 Å². The Balaban J connectivity index is 0. The summed E-state index contributed by atoms with van der Waals surface area (Å²) in [5, 5.41) is 5.96. The summed E-state index contributed by atoms with van der Waals surface area (Å²) >= 11 is 0. The van der Waals surface area contributed by atoms with Crippen molar-refractivity contribution in [2.75, 3.05) is 46.4 Å². The molecule has 10 heteroatoms. The van der Waals surface area contributed by atoms with Crippen LogP contribution in [0.2, 0.25) is 0 Å². The first-order valence-corrected chi connectivity index (χ1v) is 8.20. The van der Waals surface area contributed by atoms with Crippen molar-refractivity contribution in [2.45, 2.75) is 39.3 Å². The molecule has 0 unspecified atom stereocenters. The van der Waals surface area contributed by atoms with Crippen LogP contribution in [0.3, 0.4) is 0 Å². The minimum Gasteiger partial charge on any atom is -0.381 e. The monoisotopic (exact) mass is 482 g/mol. The molecule has 0 aromatic carbocycles. The minimum absolute atomic E-state index is 0. The van der Waals surface area contributed by atoms with Crippen LogP contribution in [0.1, 0.15) is 33.1 Å². The zero-order valence-corrected chi connectivity index (χ0v) is 17.4. The fourth-order valence-corrected chi connectivity index (χ4v) is 1.70. The number of halogens is 4. The number of nitrogens with zero attached hydrogens (tertiary/aromatic N) is 2. The number of guanidine groups is 1. The summed E-state index contributed by atoms with van der Waals surface area (Å²) in [5.74, 6) is -0.285. The van der Waals surface area contributed by atoms with Crippen molar-refractivity contribution in [1.29, 1.82) is 0 Å². The first-order valence-electron chi connectivity index (χ1n) is 8.20. The quantitative estimate of drug-likeness (QED) is 0.206. The van der Waals surface area contributed by atoms with Crippen LogP contribution in [-0.4, -0.2) is 69.4 Å². The number of alkyl halides is 3. The number of likely N-dealkylation sites (N-methyl/N-ethyl adjacent to an activating group) is 1. The van der Waals surface area contributed by atoms with E-state index in [1.54, 1.807) is 0 Å². The van der Waals surface area contributed by atoms with Gasteiger partial charge in [0.15, 0.2) is 5.96 Å². The SMILES string of the molecule is CCCCOCCCNC(=NCC(=O)N(C)CC(F)(F)F)NCC.I. The number of carbonyl (C=O) groups is 1. The highest BCUT2D eigenvalue weighted by Gasteiger charge is 2.30. The second-order valence-corrected chi connectivity index (χ2v) is 5.31. The maximum Gasteiger partial charge on any atom is 0.406 e. The number of rotatable bonds is 11. The lowest BCUT2D eigenvalue weighted by Crippen LogP contribution is -2.40. The highest BCUT2D eigenvalue weighted by Crippen LogP contribution is 2.15. The fourth-order valence-electron chi connectivity index (χ4n) is 1.70. The molecule has 0 spiro atoms. The van der Waals surface area contributed by atoms with Gasteiger partial charge in [0, 0.05) is 33.4 Å². The number of unbranched alkanes of at least 4 members (excludes halogenated alkanes) is 1. The zero-order valence-electron chi connectivity index (χ0n) is 15.1. The Hall–Kier alpha value is -0.780. The highest BCUT2D eigenvalue weighted by molar-refractivity contribution is 14.0. The molecule has 150 valence electrons. The first kappa shape index (κ1) is 26.4. The van der Waals surface area contributed by atoms with Crippen LogP contribution in [-0.2, 0) is 9.53 Å². The van der Waals surface area contributed by atoms with E-state index in [9.17, 15) is 18.0 Å². The molecule has 6 nitrogen and oxygen atoms in total. The summed E-state index contributed by atoms with van der Waals surface area (Å²) in [6, 6.07) is 0. The summed E-state index contributed by atoms with van der Waals surface area (Å²) in [4.78, 5) is 16.3. The van der Waals surface area contributed by atoms with Crippen LogP contribution in [0.15, 0.2) is 4.99 Å². The van der Waals surface area contributed by atoms with E-state index in [0.29, 0.717) is 30.6 Å². The number of carbonyl (C=O) groups excluding carboxylic acids is 1. The van der Waals surface area contributed by atoms with Crippen molar-refractivity contribution >= 4 is 35.8 Å².